The Balaban J connectivity index is 2.25. The molecular formula is C9H8BrNO2. The monoisotopic (exact) mass is 241 g/mol. The largest absolute Gasteiger partial charge is 0.455 e. The number of pyridine rings is 1. The third-order valence-corrected chi connectivity index (χ3v) is 2.64. The smallest absolute Gasteiger partial charge is 0.294 e. The first-order chi connectivity index (χ1) is 6.27. The van der Waals surface area contributed by atoms with Gasteiger partial charge >= 0.3 is 0 Å². The van der Waals surface area contributed by atoms with Crippen molar-refractivity contribution in [2.24, 2.45) is 0 Å². The molecule has 1 fully saturated rings. The van der Waals surface area contributed by atoms with Crippen LogP contribution in [0.3, 0.4) is 0 Å². The van der Waals surface area contributed by atoms with Gasteiger partial charge in [-0.25, -0.2) is 0 Å². The minimum Gasteiger partial charge on any atom is -0.455 e. The van der Waals surface area contributed by atoms with Crippen LogP contribution in [0, 0.1) is 0 Å². The Hall–Kier alpha value is -0.900. The number of aromatic nitrogens is 1. The molecule has 3 nitrogen and oxygen atoms in total. The molecule has 1 aliphatic carbocycles. The number of carbonyl (C=O) groups is 1. The van der Waals surface area contributed by atoms with Crippen LogP contribution in [0.1, 0.15) is 18.5 Å². The van der Waals surface area contributed by atoms with Crippen LogP contribution < -0.4 is 0 Å². The molecule has 2 rings (SSSR count). The second kappa shape index (κ2) is 3.10. The van der Waals surface area contributed by atoms with Gasteiger partial charge in [-0.15, -0.1) is 0 Å². The van der Waals surface area contributed by atoms with Crippen LogP contribution in [0.5, 0.6) is 0 Å². The fourth-order valence-electron chi connectivity index (χ4n) is 1.29. The topological polar surface area (TPSA) is 39.2 Å². The van der Waals surface area contributed by atoms with E-state index in [1.807, 2.05) is 12.1 Å². The van der Waals surface area contributed by atoms with Gasteiger partial charge in [0.1, 0.15) is 0 Å². The minimum absolute atomic E-state index is 0.414. The normalized spacial score (nSPS) is 17.9. The average Bonchev–Trinajstić information content (AvgIpc) is 2.87. The van der Waals surface area contributed by atoms with Gasteiger partial charge in [0, 0.05) is 10.7 Å². The fourth-order valence-corrected chi connectivity index (χ4v) is 1.52. The van der Waals surface area contributed by atoms with Gasteiger partial charge in [-0.1, -0.05) is 0 Å². The second-order valence-electron chi connectivity index (χ2n) is 3.07. The third kappa shape index (κ3) is 1.58. The highest BCUT2D eigenvalue weighted by molar-refractivity contribution is 9.10. The molecule has 68 valence electrons. The average molecular weight is 242 g/mol. The highest BCUT2D eigenvalue weighted by Gasteiger charge is 2.48. The third-order valence-electron chi connectivity index (χ3n) is 2.17. The number of halogens is 1. The maximum Gasteiger partial charge on any atom is 0.294 e. The molecule has 1 heterocycles. The van der Waals surface area contributed by atoms with Crippen LogP contribution in [0.4, 0.5) is 0 Å². The molecule has 1 aliphatic rings. The Labute approximate surface area is 84.2 Å². The lowest BCUT2D eigenvalue weighted by molar-refractivity contribution is -0.136. The number of carbonyl (C=O) groups excluding carboxylic acids is 1. The van der Waals surface area contributed by atoms with Gasteiger partial charge in [0.2, 0.25) is 0 Å². The molecule has 0 aliphatic heterocycles. The van der Waals surface area contributed by atoms with Crippen molar-refractivity contribution in [1.82, 2.24) is 4.98 Å². The maximum absolute atomic E-state index is 10.2. The SMILES string of the molecule is O=COC1(c2ccc(Br)cn2)CC1. The zero-order chi connectivity index (χ0) is 9.31. The van der Waals surface area contributed by atoms with Gasteiger partial charge in [0.15, 0.2) is 5.60 Å². The van der Waals surface area contributed by atoms with Crippen LogP contribution in [0.25, 0.3) is 0 Å². The number of hydrogen-bond donors (Lipinski definition) is 0. The van der Waals surface area contributed by atoms with Crippen LogP contribution in [-0.2, 0) is 15.1 Å². The first-order valence-corrected chi connectivity index (χ1v) is 4.80. The summed E-state index contributed by atoms with van der Waals surface area (Å²) in [6.07, 6.45) is 3.46. The van der Waals surface area contributed by atoms with Gasteiger partial charge in [0.25, 0.3) is 6.47 Å². The first kappa shape index (κ1) is 8.69. The van der Waals surface area contributed by atoms with Crippen molar-refractivity contribution in [2.75, 3.05) is 0 Å². The lowest BCUT2D eigenvalue weighted by Gasteiger charge is -2.11. The van der Waals surface area contributed by atoms with Gasteiger partial charge in [-0.05, 0) is 40.9 Å². The number of ether oxygens (including phenoxy) is 1. The molecule has 0 bridgehead atoms. The molecule has 0 N–H and O–H groups in total. The van der Waals surface area contributed by atoms with E-state index in [4.69, 9.17) is 4.74 Å². The van der Waals surface area contributed by atoms with E-state index in [2.05, 4.69) is 20.9 Å². The standard InChI is InChI=1S/C9H8BrNO2/c10-7-1-2-8(11-5-7)9(3-4-9)13-6-12/h1-2,5-6H,3-4H2. The Morgan fingerprint density at radius 3 is 2.77 bits per heavy atom. The summed E-state index contributed by atoms with van der Waals surface area (Å²) in [5.74, 6) is 0. The molecule has 0 atom stereocenters. The summed E-state index contributed by atoms with van der Waals surface area (Å²) in [6, 6.07) is 3.77. The quantitative estimate of drug-likeness (QED) is 0.761. The molecule has 0 amide bonds. The van der Waals surface area contributed by atoms with E-state index in [0.717, 1.165) is 23.0 Å². The summed E-state index contributed by atoms with van der Waals surface area (Å²) in [5.41, 5.74) is 0.422. The minimum atomic E-state index is -0.414. The zero-order valence-corrected chi connectivity index (χ0v) is 8.45. The molecule has 0 spiro atoms. The van der Waals surface area contributed by atoms with E-state index in [-0.39, 0.29) is 0 Å². The van der Waals surface area contributed by atoms with Crippen molar-refractivity contribution in [1.29, 1.82) is 0 Å². The Morgan fingerprint density at radius 1 is 1.54 bits per heavy atom. The van der Waals surface area contributed by atoms with Crippen LogP contribution >= 0.6 is 15.9 Å². The van der Waals surface area contributed by atoms with E-state index < -0.39 is 5.60 Å². The van der Waals surface area contributed by atoms with Crippen LogP contribution in [-0.4, -0.2) is 11.5 Å². The van der Waals surface area contributed by atoms with Crippen molar-refractivity contribution in [3.05, 3.63) is 28.5 Å². The number of nitrogens with zero attached hydrogens (tertiary/aromatic N) is 1. The molecule has 0 aromatic carbocycles. The number of hydrogen-bond acceptors (Lipinski definition) is 3. The number of rotatable bonds is 3. The van der Waals surface area contributed by atoms with E-state index in [0.29, 0.717) is 6.47 Å². The van der Waals surface area contributed by atoms with E-state index >= 15 is 0 Å². The summed E-state index contributed by atoms with van der Waals surface area (Å²) < 4.78 is 5.94. The van der Waals surface area contributed by atoms with Gasteiger partial charge in [-0.2, -0.15) is 0 Å². The summed E-state index contributed by atoms with van der Waals surface area (Å²) in [4.78, 5) is 14.4. The molecule has 0 unspecified atom stereocenters. The summed E-state index contributed by atoms with van der Waals surface area (Å²) in [7, 11) is 0. The maximum atomic E-state index is 10.2. The highest BCUT2D eigenvalue weighted by atomic mass is 79.9. The first-order valence-electron chi connectivity index (χ1n) is 4.00. The molecule has 0 saturated heterocycles. The van der Waals surface area contributed by atoms with Crippen molar-refractivity contribution in [2.45, 2.75) is 18.4 Å². The molecule has 1 saturated carbocycles. The lowest BCUT2D eigenvalue weighted by atomic mass is 10.2. The molecule has 13 heavy (non-hydrogen) atoms. The van der Waals surface area contributed by atoms with Crippen molar-refractivity contribution < 1.29 is 9.53 Å². The lowest BCUT2D eigenvalue weighted by Crippen LogP contribution is -2.12. The molecule has 1 aromatic heterocycles. The van der Waals surface area contributed by atoms with Crippen LogP contribution in [0.2, 0.25) is 0 Å². The van der Waals surface area contributed by atoms with Crippen molar-refractivity contribution >= 4 is 22.4 Å². The summed E-state index contributed by atoms with van der Waals surface area (Å²) in [5, 5.41) is 0. The fraction of sp³-hybridized carbons (Fsp3) is 0.333. The summed E-state index contributed by atoms with van der Waals surface area (Å²) >= 11 is 3.30. The van der Waals surface area contributed by atoms with Gasteiger partial charge in [0.05, 0.1) is 5.69 Å². The van der Waals surface area contributed by atoms with E-state index in [1.54, 1.807) is 6.20 Å². The zero-order valence-electron chi connectivity index (χ0n) is 6.87. The van der Waals surface area contributed by atoms with Crippen LogP contribution in [0.15, 0.2) is 22.8 Å². The molecule has 4 heteroatoms. The molecular weight excluding hydrogens is 234 g/mol. The Kier molecular flexibility index (Phi) is 2.07. The Bertz CT molecular complexity index is 319. The molecule has 0 radical (unpaired) electrons. The molecule has 1 aromatic rings. The summed E-state index contributed by atoms with van der Waals surface area (Å²) in [6.45, 7) is 0.497. The highest BCUT2D eigenvalue weighted by Crippen LogP contribution is 2.47. The van der Waals surface area contributed by atoms with Gasteiger partial charge < -0.3 is 4.74 Å². The second-order valence-corrected chi connectivity index (χ2v) is 3.99. The van der Waals surface area contributed by atoms with Gasteiger partial charge in [-0.3, -0.25) is 9.78 Å². The predicted molar refractivity (Wildman–Crippen MR) is 50.0 cm³/mol. The van der Waals surface area contributed by atoms with E-state index in [1.165, 1.54) is 0 Å². The Morgan fingerprint density at radius 2 is 2.31 bits per heavy atom. The van der Waals surface area contributed by atoms with E-state index in [9.17, 15) is 4.79 Å². The van der Waals surface area contributed by atoms with Crippen molar-refractivity contribution in [3.8, 4) is 0 Å². The predicted octanol–water partition coefficient (Wildman–Crippen LogP) is 2.01. The van der Waals surface area contributed by atoms with Crippen molar-refractivity contribution in [3.63, 3.8) is 0 Å².